The van der Waals surface area contributed by atoms with E-state index < -0.39 is 0 Å². The second kappa shape index (κ2) is 5.50. The number of fused-ring (bicyclic) bond motifs is 2. The van der Waals surface area contributed by atoms with Gasteiger partial charge in [0.2, 0.25) is 0 Å². The van der Waals surface area contributed by atoms with Crippen LogP contribution in [-0.2, 0) is 0 Å². The average Bonchev–Trinajstić information content (AvgIpc) is 2.62. The summed E-state index contributed by atoms with van der Waals surface area (Å²) in [6.07, 6.45) is 11.5. The molecule has 1 saturated carbocycles. The van der Waals surface area contributed by atoms with Crippen molar-refractivity contribution >= 4 is 0 Å². The number of nitrogens with zero attached hydrogens (tertiary/aromatic N) is 1. The van der Waals surface area contributed by atoms with E-state index in [1.54, 1.807) is 0 Å². The van der Waals surface area contributed by atoms with Gasteiger partial charge in [0.15, 0.2) is 0 Å². The van der Waals surface area contributed by atoms with Crippen molar-refractivity contribution in [3.8, 4) is 0 Å². The first-order valence-electron chi connectivity index (χ1n) is 8.19. The van der Waals surface area contributed by atoms with E-state index in [0.717, 1.165) is 30.0 Å². The summed E-state index contributed by atoms with van der Waals surface area (Å²) in [5, 5.41) is 3.92. The summed E-state index contributed by atoms with van der Waals surface area (Å²) in [4.78, 5) is 2.64. The maximum atomic E-state index is 3.92. The molecule has 4 unspecified atom stereocenters. The summed E-state index contributed by atoms with van der Waals surface area (Å²) in [6, 6.07) is 2.57. The van der Waals surface area contributed by atoms with Gasteiger partial charge in [-0.25, -0.2) is 0 Å². The quantitative estimate of drug-likeness (QED) is 0.828. The molecule has 0 spiro atoms. The minimum absolute atomic E-state index is 0.813. The first-order chi connectivity index (χ1) is 8.74. The van der Waals surface area contributed by atoms with Gasteiger partial charge in [0, 0.05) is 18.1 Å². The number of piperidine rings is 1. The first-order valence-corrected chi connectivity index (χ1v) is 8.19. The smallest absolute Gasteiger partial charge is 0.0111 e. The molecule has 2 saturated heterocycles. The van der Waals surface area contributed by atoms with Crippen molar-refractivity contribution in [3.63, 3.8) is 0 Å². The molecular weight excluding hydrogens is 220 g/mol. The topological polar surface area (TPSA) is 15.3 Å². The Morgan fingerprint density at radius 1 is 1.00 bits per heavy atom. The molecule has 2 nitrogen and oxygen atoms in total. The lowest BCUT2D eigenvalue weighted by atomic mass is 9.80. The van der Waals surface area contributed by atoms with Gasteiger partial charge in [-0.1, -0.05) is 26.2 Å². The van der Waals surface area contributed by atoms with E-state index in [9.17, 15) is 0 Å². The van der Waals surface area contributed by atoms with E-state index >= 15 is 0 Å². The Morgan fingerprint density at radius 3 is 2.33 bits per heavy atom. The van der Waals surface area contributed by atoms with Gasteiger partial charge in [0.05, 0.1) is 0 Å². The predicted molar refractivity (Wildman–Crippen MR) is 76.7 cm³/mol. The second-order valence-corrected chi connectivity index (χ2v) is 7.15. The van der Waals surface area contributed by atoms with E-state index in [4.69, 9.17) is 0 Å². The van der Waals surface area contributed by atoms with Crippen LogP contribution >= 0.6 is 0 Å². The van der Waals surface area contributed by atoms with E-state index in [0.29, 0.717) is 0 Å². The van der Waals surface area contributed by atoms with Crippen LogP contribution in [0.3, 0.4) is 0 Å². The molecule has 0 aromatic heterocycles. The summed E-state index contributed by atoms with van der Waals surface area (Å²) in [5.74, 6) is 1.91. The highest BCUT2D eigenvalue weighted by Gasteiger charge is 2.38. The Bertz CT molecular complexity index is 264. The van der Waals surface area contributed by atoms with Gasteiger partial charge in [-0.05, 0) is 57.5 Å². The normalized spacial score (nSPS) is 45.3. The molecule has 3 rings (SSSR count). The van der Waals surface area contributed by atoms with Crippen LogP contribution in [0, 0.1) is 11.8 Å². The fourth-order valence-corrected chi connectivity index (χ4v) is 4.59. The maximum Gasteiger partial charge on any atom is 0.0111 e. The molecule has 2 heteroatoms. The minimum atomic E-state index is 0.813. The monoisotopic (exact) mass is 250 g/mol. The van der Waals surface area contributed by atoms with Crippen LogP contribution in [0.1, 0.15) is 58.3 Å². The molecule has 2 aliphatic heterocycles. The van der Waals surface area contributed by atoms with Gasteiger partial charge >= 0.3 is 0 Å². The molecular formula is C16H30N2. The average molecular weight is 250 g/mol. The zero-order valence-electron chi connectivity index (χ0n) is 12.2. The van der Waals surface area contributed by atoms with Crippen LogP contribution < -0.4 is 5.32 Å². The summed E-state index contributed by atoms with van der Waals surface area (Å²) >= 11 is 0. The highest BCUT2D eigenvalue weighted by atomic mass is 15.2. The Morgan fingerprint density at radius 2 is 1.67 bits per heavy atom. The molecule has 2 bridgehead atoms. The summed E-state index contributed by atoms with van der Waals surface area (Å²) in [5.41, 5.74) is 0. The highest BCUT2D eigenvalue weighted by molar-refractivity contribution is 4.96. The third-order valence-corrected chi connectivity index (χ3v) is 6.06. The number of hydrogen-bond donors (Lipinski definition) is 1. The molecule has 2 heterocycles. The summed E-state index contributed by atoms with van der Waals surface area (Å²) < 4.78 is 0. The maximum absolute atomic E-state index is 3.92. The lowest BCUT2D eigenvalue weighted by Gasteiger charge is -2.38. The van der Waals surface area contributed by atoms with Crippen LogP contribution in [0.25, 0.3) is 0 Å². The molecule has 18 heavy (non-hydrogen) atoms. The summed E-state index contributed by atoms with van der Waals surface area (Å²) in [7, 11) is 2.34. The first kappa shape index (κ1) is 12.9. The zero-order chi connectivity index (χ0) is 12.5. The van der Waals surface area contributed by atoms with E-state index in [2.05, 4.69) is 24.2 Å². The van der Waals surface area contributed by atoms with Crippen molar-refractivity contribution in [2.45, 2.75) is 76.4 Å². The van der Waals surface area contributed by atoms with Crippen LogP contribution in [-0.4, -0.2) is 36.6 Å². The van der Waals surface area contributed by atoms with Gasteiger partial charge in [-0.2, -0.15) is 0 Å². The van der Waals surface area contributed by atoms with Crippen LogP contribution in [0.4, 0.5) is 0 Å². The van der Waals surface area contributed by atoms with E-state index in [1.807, 2.05) is 0 Å². The van der Waals surface area contributed by atoms with Crippen molar-refractivity contribution in [2.75, 3.05) is 13.6 Å². The summed E-state index contributed by atoms with van der Waals surface area (Å²) in [6.45, 7) is 3.75. The van der Waals surface area contributed by atoms with Crippen LogP contribution in [0.15, 0.2) is 0 Å². The second-order valence-electron chi connectivity index (χ2n) is 7.15. The molecule has 0 amide bonds. The van der Waals surface area contributed by atoms with Crippen LogP contribution in [0.5, 0.6) is 0 Å². The lowest BCUT2D eigenvalue weighted by Crippen LogP contribution is -2.48. The number of rotatable bonds is 3. The van der Waals surface area contributed by atoms with Crippen molar-refractivity contribution in [2.24, 2.45) is 11.8 Å². The van der Waals surface area contributed by atoms with E-state index in [-0.39, 0.29) is 0 Å². The molecule has 1 aliphatic carbocycles. The Kier molecular flexibility index (Phi) is 3.95. The standard InChI is InChI=1S/C16H30N2/c1-12-5-3-4-6-13(12)11-17-14-9-15-7-8-16(10-14)18(15)2/h12-17H,3-11H2,1-2H3. The van der Waals surface area contributed by atoms with Crippen molar-refractivity contribution in [1.82, 2.24) is 10.2 Å². The van der Waals surface area contributed by atoms with Crippen molar-refractivity contribution in [1.29, 1.82) is 0 Å². The van der Waals surface area contributed by atoms with Gasteiger partial charge in [0.25, 0.3) is 0 Å². The Balaban J connectivity index is 1.46. The molecule has 3 fully saturated rings. The SMILES string of the molecule is CC1CCCCC1CNC1CC2CCC(C1)N2C. The zero-order valence-corrected chi connectivity index (χ0v) is 12.2. The number of nitrogens with one attached hydrogen (secondary N) is 1. The molecule has 0 aromatic carbocycles. The third-order valence-electron chi connectivity index (χ3n) is 6.06. The van der Waals surface area contributed by atoms with Gasteiger partial charge in [-0.3, -0.25) is 0 Å². The predicted octanol–water partition coefficient (Wildman–Crippen LogP) is 3.03. The van der Waals surface area contributed by atoms with Gasteiger partial charge < -0.3 is 10.2 Å². The minimum Gasteiger partial charge on any atom is -0.314 e. The lowest BCUT2D eigenvalue weighted by molar-refractivity contribution is 0.140. The van der Waals surface area contributed by atoms with Crippen molar-refractivity contribution in [3.05, 3.63) is 0 Å². The van der Waals surface area contributed by atoms with Crippen LogP contribution in [0.2, 0.25) is 0 Å². The fraction of sp³-hybridized carbons (Fsp3) is 1.00. The fourth-order valence-electron chi connectivity index (χ4n) is 4.59. The molecule has 0 radical (unpaired) electrons. The molecule has 104 valence electrons. The molecule has 3 aliphatic rings. The van der Waals surface area contributed by atoms with E-state index in [1.165, 1.54) is 57.9 Å². The number of hydrogen-bond acceptors (Lipinski definition) is 2. The Hall–Kier alpha value is -0.0800. The molecule has 0 aromatic rings. The Labute approximate surface area is 113 Å². The van der Waals surface area contributed by atoms with Crippen molar-refractivity contribution < 1.29 is 0 Å². The third kappa shape index (κ3) is 2.60. The molecule has 1 N–H and O–H groups in total. The highest BCUT2D eigenvalue weighted by Crippen LogP contribution is 2.35. The van der Waals surface area contributed by atoms with Gasteiger partial charge in [-0.15, -0.1) is 0 Å². The van der Waals surface area contributed by atoms with Gasteiger partial charge in [0.1, 0.15) is 0 Å². The molecule has 4 atom stereocenters. The largest absolute Gasteiger partial charge is 0.314 e.